The van der Waals surface area contributed by atoms with E-state index in [1.165, 1.54) is 0 Å². The van der Waals surface area contributed by atoms with Gasteiger partial charge in [0.1, 0.15) is 0 Å². The second-order valence-corrected chi connectivity index (χ2v) is 4.45. The molecule has 12 heavy (non-hydrogen) atoms. The van der Waals surface area contributed by atoms with E-state index >= 15 is 0 Å². The number of rotatable bonds is 2. The van der Waals surface area contributed by atoms with E-state index in [4.69, 9.17) is 4.55 Å². The van der Waals surface area contributed by atoms with Crippen LogP contribution in [0.2, 0.25) is 0 Å². The molecule has 0 saturated carbocycles. The molecule has 1 aromatic carbocycles. The lowest BCUT2D eigenvalue weighted by molar-refractivity contribution is 0.563. The molecule has 1 rings (SSSR count). The summed E-state index contributed by atoms with van der Waals surface area (Å²) >= 11 is 1.57. The van der Waals surface area contributed by atoms with Crippen molar-refractivity contribution in [2.75, 3.05) is 0 Å². The molecule has 0 bridgehead atoms. The van der Waals surface area contributed by atoms with Gasteiger partial charge in [-0.2, -0.15) is 0 Å². The number of hydrogen-bond donors (Lipinski definition) is 1. The summed E-state index contributed by atoms with van der Waals surface area (Å²) in [5.74, 6) is 0.195. The van der Waals surface area contributed by atoms with Crippen LogP contribution < -0.4 is 0 Å². The molecule has 1 aromatic rings. The minimum Gasteiger partial charge on any atom is -0.306 e. The molecule has 0 aliphatic heterocycles. The Bertz CT molecular complexity index is 292. The van der Waals surface area contributed by atoms with Crippen LogP contribution in [0.15, 0.2) is 22.7 Å². The van der Waals surface area contributed by atoms with Gasteiger partial charge in [-0.25, -0.2) is 4.21 Å². The summed E-state index contributed by atoms with van der Waals surface area (Å²) < 4.78 is 20.1. The largest absolute Gasteiger partial charge is 0.306 e. The molecule has 1 unspecified atom stereocenters. The van der Waals surface area contributed by atoms with Crippen molar-refractivity contribution in [1.29, 1.82) is 0 Å². The molecule has 0 aromatic heterocycles. The second-order valence-electron chi connectivity index (χ2n) is 2.60. The third-order valence-electron chi connectivity index (χ3n) is 1.39. The van der Waals surface area contributed by atoms with Gasteiger partial charge in [-0.3, -0.25) is 0 Å². The highest BCUT2D eigenvalue weighted by atomic mass is 79.9. The van der Waals surface area contributed by atoms with E-state index in [1.54, 1.807) is 0 Å². The Labute approximate surface area is 82.4 Å². The molecular formula is C8H9BrO2S. The fraction of sp³-hybridized carbons (Fsp3) is 0.250. The monoisotopic (exact) mass is 248 g/mol. The van der Waals surface area contributed by atoms with Crippen molar-refractivity contribution in [1.82, 2.24) is 0 Å². The number of halogens is 1. The predicted molar refractivity (Wildman–Crippen MR) is 53.4 cm³/mol. The summed E-state index contributed by atoms with van der Waals surface area (Å²) in [7, 11) is 0. The normalized spacial score (nSPS) is 12.9. The molecule has 4 heteroatoms. The fourth-order valence-corrected chi connectivity index (χ4v) is 2.14. The summed E-state index contributed by atoms with van der Waals surface area (Å²) in [4.78, 5) is 0. The quantitative estimate of drug-likeness (QED) is 0.817. The molecule has 2 nitrogen and oxygen atoms in total. The Morgan fingerprint density at radius 3 is 2.67 bits per heavy atom. The van der Waals surface area contributed by atoms with Gasteiger partial charge in [-0.05, 0) is 30.2 Å². The molecule has 0 radical (unpaired) electrons. The first kappa shape index (κ1) is 9.89. The Morgan fingerprint density at radius 1 is 1.50 bits per heavy atom. The van der Waals surface area contributed by atoms with Gasteiger partial charge in [0.2, 0.25) is 0 Å². The van der Waals surface area contributed by atoms with Crippen molar-refractivity contribution in [2.45, 2.75) is 12.7 Å². The first-order valence-corrected chi connectivity index (χ1v) is 5.48. The smallest absolute Gasteiger partial charge is 0.157 e. The van der Waals surface area contributed by atoms with Gasteiger partial charge < -0.3 is 4.55 Å². The van der Waals surface area contributed by atoms with E-state index < -0.39 is 11.1 Å². The van der Waals surface area contributed by atoms with Crippen LogP contribution >= 0.6 is 15.9 Å². The Hall–Kier alpha value is -0.190. The average Bonchev–Trinajstić information content (AvgIpc) is 1.81. The van der Waals surface area contributed by atoms with Gasteiger partial charge in [0, 0.05) is 4.47 Å². The van der Waals surface area contributed by atoms with Crippen molar-refractivity contribution in [2.24, 2.45) is 0 Å². The van der Waals surface area contributed by atoms with E-state index in [0.29, 0.717) is 0 Å². The molecule has 0 amide bonds. The van der Waals surface area contributed by atoms with Crippen molar-refractivity contribution in [3.63, 3.8) is 0 Å². The van der Waals surface area contributed by atoms with Gasteiger partial charge in [-0.15, -0.1) is 0 Å². The van der Waals surface area contributed by atoms with Crippen LogP contribution in [0.3, 0.4) is 0 Å². The van der Waals surface area contributed by atoms with Crippen LogP contribution in [-0.4, -0.2) is 8.76 Å². The molecule has 0 fully saturated rings. The van der Waals surface area contributed by atoms with Gasteiger partial charge in [0.15, 0.2) is 11.1 Å². The first-order valence-electron chi connectivity index (χ1n) is 3.41. The van der Waals surface area contributed by atoms with E-state index in [0.717, 1.165) is 15.6 Å². The number of benzene rings is 1. The summed E-state index contributed by atoms with van der Waals surface area (Å²) in [5.41, 5.74) is 1.97. The molecule has 1 N–H and O–H groups in total. The van der Waals surface area contributed by atoms with Crippen molar-refractivity contribution in [3.05, 3.63) is 33.8 Å². The maximum atomic E-state index is 10.5. The molecular weight excluding hydrogens is 240 g/mol. The van der Waals surface area contributed by atoms with Crippen LogP contribution in [-0.2, 0) is 16.8 Å². The molecule has 0 saturated heterocycles. The van der Waals surface area contributed by atoms with Gasteiger partial charge in [0.05, 0.1) is 5.75 Å². The van der Waals surface area contributed by atoms with E-state index in [2.05, 4.69) is 15.9 Å². The SMILES string of the molecule is Cc1cc(Br)cc(CS(=O)O)c1. The standard InChI is InChI=1S/C8H9BrO2S/c1-6-2-7(5-12(10)11)4-8(9)3-6/h2-4H,5H2,1H3,(H,10,11). The minimum atomic E-state index is -1.75. The zero-order valence-corrected chi connectivity index (χ0v) is 8.98. The molecule has 66 valence electrons. The Morgan fingerprint density at radius 2 is 2.17 bits per heavy atom. The van der Waals surface area contributed by atoms with Crippen LogP contribution in [0.1, 0.15) is 11.1 Å². The Balaban J connectivity index is 2.93. The first-order chi connectivity index (χ1) is 5.58. The maximum absolute atomic E-state index is 10.5. The average molecular weight is 249 g/mol. The highest BCUT2D eigenvalue weighted by Gasteiger charge is 1.99. The molecule has 0 aliphatic carbocycles. The molecule has 0 heterocycles. The third kappa shape index (κ3) is 3.05. The summed E-state index contributed by atoms with van der Waals surface area (Å²) in [6, 6.07) is 5.71. The number of hydrogen-bond acceptors (Lipinski definition) is 1. The van der Waals surface area contributed by atoms with Crippen LogP contribution in [0, 0.1) is 6.92 Å². The van der Waals surface area contributed by atoms with E-state index in [9.17, 15) is 4.21 Å². The lowest BCUT2D eigenvalue weighted by Gasteiger charge is -2.00. The van der Waals surface area contributed by atoms with Crippen LogP contribution in [0.25, 0.3) is 0 Å². The molecule has 0 spiro atoms. The predicted octanol–water partition coefficient (Wildman–Crippen LogP) is 2.48. The fourth-order valence-electron chi connectivity index (χ4n) is 1.04. The highest BCUT2D eigenvalue weighted by Crippen LogP contribution is 2.16. The zero-order chi connectivity index (χ0) is 9.14. The highest BCUT2D eigenvalue weighted by molar-refractivity contribution is 9.10. The summed E-state index contributed by atoms with van der Waals surface area (Å²) in [5, 5.41) is 0. The van der Waals surface area contributed by atoms with E-state index in [1.807, 2.05) is 25.1 Å². The Kier molecular flexibility index (Phi) is 3.43. The number of aryl methyl sites for hydroxylation is 1. The summed E-state index contributed by atoms with van der Waals surface area (Å²) in [6.07, 6.45) is 0. The molecule has 1 atom stereocenters. The summed E-state index contributed by atoms with van der Waals surface area (Å²) in [6.45, 7) is 1.95. The van der Waals surface area contributed by atoms with Crippen LogP contribution in [0.4, 0.5) is 0 Å². The van der Waals surface area contributed by atoms with Crippen LogP contribution in [0.5, 0.6) is 0 Å². The van der Waals surface area contributed by atoms with Gasteiger partial charge in [-0.1, -0.05) is 22.0 Å². The van der Waals surface area contributed by atoms with Gasteiger partial charge in [0.25, 0.3) is 0 Å². The minimum absolute atomic E-state index is 0.195. The molecule has 0 aliphatic rings. The van der Waals surface area contributed by atoms with Crippen molar-refractivity contribution in [3.8, 4) is 0 Å². The lowest BCUT2D eigenvalue weighted by Crippen LogP contribution is -1.93. The van der Waals surface area contributed by atoms with E-state index in [-0.39, 0.29) is 5.75 Å². The maximum Gasteiger partial charge on any atom is 0.157 e. The lowest BCUT2D eigenvalue weighted by atomic mass is 10.2. The topological polar surface area (TPSA) is 37.3 Å². The second kappa shape index (κ2) is 4.16. The van der Waals surface area contributed by atoms with Crippen molar-refractivity contribution >= 4 is 27.0 Å². The van der Waals surface area contributed by atoms with Crippen molar-refractivity contribution < 1.29 is 8.76 Å². The zero-order valence-electron chi connectivity index (χ0n) is 6.58. The third-order valence-corrected chi connectivity index (χ3v) is 2.43. The van der Waals surface area contributed by atoms with Gasteiger partial charge >= 0.3 is 0 Å².